The maximum absolute atomic E-state index is 5.53. The predicted octanol–water partition coefficient (Wildman–Crippen LogP) is 3.23. The van der Waals surface area contributed by atoms with Crippen LogP contribution in [0.4, 0.5) is 0 Å². The van der Waals surface area contributed by atoms with Crippen LogP contribution in [-0.2, 0) is 7.05 Å². The molecular formula is C16H17N5OS. The van der Waals surface area contributed by atoms with E-state index in [0.29, 0.717) is 17.2 Å². The fourth-order valence-corrected chi connectivity index (χ4v) is 2.38. The highest BCUT2D eigenvalue weighted by molar-refractivity contribution is 7.71. The standard InChI is InChI=1S/C16H17N5OS/c1-3-22-14-8-4-6-12(10-14)15-18-19-16(23)21(15)17-11-13-7-5-9-20(13)2/h4-11H,3H2,1-2H3,(H,19,23). The average molecular weight is 327 g/mol. The van der Waals surface area contributed by atoms with Crippen LogP contribution in [0.3, 0.4) is 0 Å². The van der Waals surface area contributed by atoms with E-state index in [9.17, 15) is 0 Å². The largest absolute Gasteiger partial charge is 0.494 e. The van der Waals surface area contributed by atoms with Crippen LogP contribution in [0, 0.1) is 4.77 Å². The summed E-state index contributed by atoms with van der Waals surface area (Å²) < 4.78 is 9.55. The lowest BCUT2D eigenvalue weighted by molar-refractivity contribution is 0.340. The number of hydrogen-bond donors (Lipinski definition) is 1. The van der Waals surface area contributed by atoms with Gasteiger partial charge in [0.1, 0.15) is 5.75 Å². The number of aromatic nitrogens is 4. The molecule has 0 atom stereocenters. The first-order valence-electron chi connectivity index (χ1n) is 7.25. The number of aromatic amines is 1. The Morgan fingerprint density at radius 1 is 1.35 bits per heavy atom. The van der Waals surface area contributed by atoms with Crippen LogP contribution < -0.4 is 4.74 Å². The quantitative estimate of drug-likeness (QED) is 0.578. The van der Waals surface area contributed by atoms with Crippen molar-refractivity contribution in [2.75, 3.05) is 6.61 Å². The highest BCUT2D eigenvalue weighted by Crippen LogP contribution is 2.22. The number of ether oxygens (including phenoxy) is 1. The van der Waals surface area contributed by atoms with Gasteiger partial charge in [0.25, 0.3) is 0 Å². The van der Waals surface area contributed by atoms with E-state index >= 15 is 0 Å². The van der Waals surface area contributed by atoms with E-state index < -0.39 is 0 Å². The maximum atomic E-state index is 5.53. The zero-order chi connectivity index (χ0) is 16.2. The second kappa shape index (κ2) is 6.62. The second-order valence-corrected chi connectivity index (χ2v) is 5.30. The van der Waals surface area contributed by atoms with Crippen molar-refractivity contribution in [3.05, 3.63) is 53.1 Å². The van der Waals surface area contributed by atoms with E-state index in [1.807, 2.05) is 61.1 Å². The van der Waals surface area contributed by atoms with Crippen LogP contribution in [0.25, 0.3) is 11.4 Å². The summed E-state index contributed by atoms with van der Waals surface area (Å²) in [6.45, 7) is 2.56. The zero-order valence-corrected chi connectivity index (χ0v) is 13.7. The van der Waals surface area contributed by atoms with Gasteiger partial charge in [-0.1, -0.05) is 12.1 Å². The van der Waals surface area contributed by atoms with Crippen molar-refractivity contribution in [3.63, 3.8) is 0 Å². The Labute approximate surface area is 139 Å². The van der Waals surface area contributed by atoms with E-state index in [2.05, 4.69) is 15.3 Å². The molecule has 0 aliphatic rings. The average Bonchev–Trinajstić information content (AvgIpc) is 3.12. The lowest BCUT2D eigenvalue weighted by Gasteiger charge is -2.05. The summed E-state index contributed by atoms with van der Waals surface area (Å²) in [5.74, 6) is 1.43. The summed E-state index contributed by atoms with van der Waals surface area (Å²) in [6.07, 6.45) is 3.71. The Hall–Kier alpha value is -2.67. The second-order valence-electron chi connectivity index (χ2n) is 4.91. The van der Waals surface area contributed by atoms with Crippen LogP contribution in [0.1, 0.15) is 12.6 Å². The molecule has 23 heavy (non-hydrogen) atoms. The van der Waals surface area contributed by atoms with Crippen molar-refractivity contribution in [1.29, 1.82) is 0 Å². The molecule has 0 spiro atoms. The number of rotatable bonds is 5. The fourth-order valence-electron chi connectivity index (χ4n) is 2.20. The number of H-pyrrole nitrogens is 1. The molecule has 118 valence electrons. The molecule has 3 rings (SSSR count). The number of nitrogens with one attached hydrogen (secondary N) is 1. The molecule has 1 aromatic carbocycles. The molecule has 0 aliphatic heterocycles. The minimum absolute atomic E-state index is 0.437. The molecule has 0 unspecified atom stereocenters. The van der Waals surface area contributed by atoms with Gasteiger partial charge in [-0.05, 0) is 43.4 Å². The summed E-state index contributed by atoms with van der Waals surface area (Å²) >= 11 is 5.28. The van der Waals surface area contributed by atoms with Crippen molar-refractivity contribution in [3.8, 4) is 17.1 Å². The van der Waals surface area contributed by atoms with Crippen LogP contribution in [0.15, 0.2) is 47.7 Å². The minimum atomic E-state index is 0.437. The maximum Gasteiger partial charge on any atom is 0.216 e. The molecule has 0 radical (unpaired) electrons. The van der Waals surface area contributed by atoms with Gasteiger partial charge in [0, 0.05) is 18.8 Å². The molecule has 2 heterocycles. The molecule has 0 fully saturated rings. The molecule has 0 bridgehead atoms. The van der Waals surface area contributed by atoms with Crippen LogP contribution in [-0.4, -0.2) is 32.3 Å². The Morgan fingerprint density at radius 2 is 2.22 bits per heavy atom. The van der Waals surface area contributed by atoms with Crippen molar-refractivity contribution in [2.24, 2.45) is 12.1 Å². The molecule has 0 saturated carbocycles. The molecule has 0 saturated heterocycles. The smallest absolute Gasteiger partial charge is 0.216 e. The third kappa shape index (κ3) is 3.24. The molecule has 6 nitrogen and oxygen atoms in total. The number of nitrogens with zero attached hydrogens (tertiary/aromatic N) is 4. The Kier molecular flexibility index (Phi) is 4.38. The first-order chi connectivity index (χ1) is 11.2. The van der Waals surface area contributed by atoms with Crippen LogP contribution in [0.2, 0.25) is 0 Å². The molecule has 3 aromatic rings. The van der Waals surface area contributed by atoms with Crippen LogP contribution in [0.5, 0.6) is 5.75 Å². The van der Waals surface area contributed by atoms with E-state index in [1.165, 1.54) is 0 Å². The van der Waals surface area contributed by atoms with Gasteiger partial charge >= 0.3 is 0 Å². The molecule has 1 N–H and O–H groups in total. The molecule has 2 aromatic heterocycles. The number of benzene rings is 1. The highest BCUT2D eigenvalue weighted by atomic mass is 32.1. The Balaban J connectivity index is 1.99. The summed E-state index contributed by atoms with van der Waals surface area (Å²) in [6, 6.07) is 11.6. The van der Waals surface area contributed by atoms with Crippen molar-refractivity contribution < 1.29 is 4.74 Å². The molecule has 0 amide bonds. The van der Waals surface area contributed by atoms with Gasteiger partial charge in [0.05, 0.1) is 18.5 Å². The molecule has 7 heteroatoms. The normalized spacial score (nSPS) is 11.2. The first kappa shape index (κ1) is 15.2. The SMILES string of the molecule is CCOc1cccc(-c2n[nH]c(=S)n2N=Cc2cccn2C)c1. The van der Waals surface area contributed by atoms with E-state index in [0.717, 1.165) is 17.0 Å². The summed E-state index contributed by atoms with van der Waals surface area (Å²) in [5, 5.41) is 11.5. The fraction of sp³-hybridized carbons (Fsp3) is 0.188. The Morgan fingerprint density at radius 3 is 2.96 bits per heavy atom. The van der Waals surface area contributed by atoms with Gasteiger partial charge in [-0.2, -0.15) is 14.9 Å². The van der Waals surface area contributed by atoms with Crippen LogP contribution >= 0.6 is 12.2 Å². The van der Waals surface area contributed by atoms with Crippen molar-refractivity contribution >= 4 is 18.4 Å². The topological polar surface area (TPSA) is 60.1 Å². The van der Waals surface area contributed by atoms with Gasteiger partial charge in [0.15, 0.2) is 5.82 Å². The van der Waals surface area contributed by atoms with Crippen molar-refractivity contribution in [2.45, 2.75) is 6.92 Å². The van der Waals surface area contributed by atoms with Gasteiger partial charge in [0.2, 0.25) is 4.77 Å². The number of hydrogen-bond acceptors (Lipinski definition) is 4. The molecular weight excluding hydrogens is 310 g/mol. The minimum Gasteiger partial charge on any atom is -0.494 e. The van der Waals surface area contributed by atoms with E-state index in [-0.39, 0.29) is 0 Å². The van der Waals surface area contributed by atoms with Gasteiger partial charge < -0.3 is 9.30 Å². The molecule has 0 aliphatic carbocycles. The lowest BCUT2D eigenvalue weighted by Crippen LogP contribution is -1.98. The van der Waals surface area contributed by atoms with Crippen molar-refractivity contribution in [1.82, 2.24) is 19.4 Å². The summed E-state index contributed by atoms with van der Waals surface area (Å²) in [4.78, 5) is 0. The summed E-state index contributed by atoms with van der Waals surface area (Å²) in [7, 11) is 1.96. The van der Waals surface area contributed by atoms with E-state index in [1.54, 1.807) is 10.9 Å². The van der Waals surface area contributed by atoms with Gasteiger partial charge in [-0.3, -0.25) is 0 Å². The van der Waals surface area contributed by atoms with Gasteiger partial charge in [-0.15, -0.1) is 0 Å². The highest BCUT2D eigenvalue weighted by Gasteiger charge is 2.09. The van der Waals surface area contributed by atoms with E-state index in [4.69, 9.17) is 17.0 Å². The third-order valence-corrected chi connectivity index (χ3v) is 3.61. The zero-order valence-electron chi connectivity index (χ0n) is 12.9. The summed E-state index contributed by atoms with van der Waals surface area (Å²) in [5.41, 5.74) is 1.86. The first-order valence-corrected chi connectivity index (χ1v) is 7.66. The Bertz CT molecular complexity index is 890. The van der Waals surface area contributed by atoms with Gasteiger partial charge in [-0.25, -0.2) is 5.10 Å². The predicted molar refractivity (Wildman–Crippen MR) is 92.4 cm³/mol. The number of aryl methyl sites for hydroxylation is 1. The monoisotopic (exact) mass is 327 g/mol. The lowest BCUT2D eigenvalue weighted by atomic mass is 10.2. The third-order valence-electron chi connectivity index (χ3n) is 3.34.